The van der Waals surface area contributed by atoms with Crippen molar-refractivity contribution in [1.82, 2.24) is 5.06 Å². The summed E-state index contributed by atoms with van der Waals surface area (Å²) in [5.41, 5.74) is -0.142. The van der Waals surface area contributed by atoms with Crippen LogP contribution in [0, 0.1) is 5.92 Å². The van der Waals surface area contributed by atoms with Crippen LogP contribution in [-0.4, -0.2) is 21.3 Å². The molecule has 0 aromatic rings. The molecule has 1 aliphatic heterocycles. The second-order valence-electron chi connectivity index (χ2n) is 6.71. The maximum atomic E-state index is 10.2. The SMILES string of the molecule is CCCCCC1CC(C)(C)N(O)C(C)(C)C1. The molecule has 1 N–H and O–H groups in total. The Morgan fingerprint density at radius 2 is 1.56 bits per heavy atom. The van der Waals surface area contributed by atoms with Crippen LogP contribution in [0.4, 0.5) is 0 Å². The maximum absolute atomic E-state index is 10.2. The molecule has 96 valence electrons. The van der Waals surface area contributed by atoms with Crippen molar-refractivity contribution >= 4 is 0 Å². The lowest BCUT2D eigenvalue weighted by molar-refractivity contribution is -0.251. The number of unbranched alkanes of at least 4 members (excludes halogenated alkanes) is 2. The monoisotopic (exact) mass is 227 g/mol. The molecule has 0 unspecified atom stereocenters. The predicted octanol–water partition coefficient (Wildman–Crippen LogP) is 4.23. The zero-order chi connectivity index (χ0) is 12.4. The number of piperidine rings is 1. The Morgan fingerprint density at radius 3 is 2.00 bits per heavy atom. The van der Waals surface area contributed by atoms with Crippen molar-refractivity contribution in [3.63, 3.8) is 0 Å². The Morgan fingerprint density at radius 1 is 1.06 bits per heavy atom. The van der Waals surface area contributed by atoms with E-state index < -0.39 is 0 Å². The highest BCUT2D eigenvalue weighted by Crippen LogP contribution is 2.41. The highest BCUT2D eigenvalue weighted by atomic mass is 16.5. The van der Waals surface area contributed by atoms with Crippen LogP contribution in [0.5, 0.6) is 0 Å². The average molecular weight is 227 g/mol. The number of nitrogens with zero attached hydrogens (tertiary/aromatic N) is 1. The van der Waals surface area contributed by atoms with Gasteiger partial charge in [-0.1, -0.05) is 32.6 Å². The highest BCUT2D eigenvalue weighted by molar-refractivity contribution is 4.95. The molecule has 1 fully saturated rings. The van der Waals surface area contributed by atoms with Gasteiger partial charge in [0.2, 0.25) is 0 Å². The number of rotatable bonds is 4. The molecule has 16 heavy (non-hydrogen) atoms. The van der Waals surface area contributed by atoms with Crippen LogP contribution in [0.25, 0.3) is 0 Å². The third-order valence-corrected chi connectivity index (χ3v) is 3.94. The van der Waals surface area contributed by atoms with Crippen LogP contribution in [-0.2, 0) is 0 Å². The van der Waals surface area contributed by atoms with Gasteiger partial charge < -0.3 is 5.21 Å². The number of hydrogen-bond donors (Lipinski definition) is 1. The van der Waals surface area contributed by atoms with E-state index in [1.165, 1.54) is 25.7 Å². The molecular weight excluding hydrogens is 198 g/mol. The van der Waals surface area contributed by atoms with Crippen LogP contribution in [0.1, 0.15) is 73.1 Å². The molecule has 0 spiro atoms. The molecule has 0 aliphatic carbocycles. The van der Waals surface area contributed by atoms with E-state index in [1.54, 1.807) is 5.06 Å². The van der Waals surface area contributed by atoms with Gasteiger partial charge in [0.05, 0.1) is 0 Å². The van der Waals surface area contributed by atoms with E-state index in [9.17, 15) is 5.21 Å². The van der Waals surface area contributed by atoms with Crippen LogP contribution in [0.2, 0.25) is 0 Å². The van der Waals surface area contributed by atoms with Gasteiger partial charge in [0.25, 0.3) is 0 Å². The van der Waals surface area contributed by atoms with Gasteiger partial charge in [-0.05, 0) is 46.5 Å². The van der Waals surface area contributed by atoms with E-state index in [0.29, 0.717) is 0 Å². The number of hydrogen-bond acceptors (Lipinski definition) is 2. The molecule has 0 aromatic carbocycles. The molecule has 0 saturated carbocycles. The largest absolute Gasteiger partial charge is 0.313 e. The van der Waals surface area contributed by atoms with Crippen molar-refractivity contribution in [3.8, 4) is 0 Å². The summed E-state index contributed by atoms with van der Waals surface area (Å²) in [7, 11) is 0. The van der Waals surface area contributed by atoms with E-state index in [4.69, 9.17) is 0 Å². The first-order valence-electron chi connectivity index (χ1n) is 6.79. The Hall–Kier alpha value is -0.0800. The fraction of sp³-hybridized carbons (Fsp3) is 1.00. The highest BCUT2D eigenvalue weighted by Gasteiger charge is 2.44. The van der Waals surface area contributed by atoms with Crippen LogP contribution in [0.15, 0.2) is 0 Å². The first kappa shape index (κ1) is 14.0. The van der Waals surface area contributed by atoms with E-state index in [0.717, 1.165) is 18.8 Å². The quantitative estimate of drug-likeness (QED) is 0.727. The summed E-state index contributed by atoms with van der Waals surface area (Å²) in [6.45, 7) is 10.9. The lowest BCUT2D eigenvalue weighted by Crippen LogP contribution is -2.58. The van der Waals surface area contributed by atoms with Crippen molar-refractivity contribution in [3.05, 3.63) is 0 Å². The fourth-order valence-electron chi connectivity index (χ4n) is 3.36. The average Bonchev–Trinajstić information content (AvgIpc) is 2.14. The molecule has 2 heteroatoms. The topological polar surface area (TPSA) is 23.5 Å². The van der Waals surface area contributed by atoms with Gasteiger partial charge in [0.1, 0.15) is 0 Å². The maximum Gasteiger partial charge on any atom is 0.0413 e. The van der Waals surface area contributed by atoms with Crippen LogP contribution >= 0.6 is 0 Å². The molecule has 1 saturated heterocycles. The first-order chi connectivity index (χ1) is 7.29. The smallest absolute Gasteiger partial charge is 0.0413 e. The Balaban J connectivity index is 2.57. The Labute approximate surface area is 101 Å². The molecule has 0 aromatic heterocycles. The van der Waals surface area contributed by atoms with Gasteiger partial charge in [0, 0.05) is 11.1 Å². The third-order valence-electron chi connectivity index (χ3n) is 3.94. The third kappa shape index (κ3) is 3.21. The lowest BCUT2D eigenvalue weighted by Gasteiger charge is -2.51. The summed E-state index contributed by atoms with van der Waals surface area (Å²) in [5, 5.41) is 11.8. The molecular formula is C14H29NO. The van der Waals surface area contributed by atoms with Crippen LogP contribution in [0.3, 0.4) is 0 Å². The number of hydroxylamine groups is 2. The summed E-state index contributed by atoms with van der Waals surface area (Å²) in [4.78, 5) is 0. The summed E-state index contributed by atoms with van der Waals surface area (Å²) < 4.78 is 0. The summed E-state index contributed by atoms with van der Waals surface area (Å²) in [6.07, 6.45) is 7.56. The lowest BCUT2D eigenvalue weighted by atomic mass is 9.73. The van der Waals surface area contributed by atoms with Gasteiger partial charge in [-0.25, -0.2) is 0 Å². The fourth-order valence-corrected chi connectivity index (χ4v) is 3.36. The van der Waals surface area contributed by atoms with Crippen molar-refractivity contribution < 1.29 is 5.21 Å². The van der Waals surface area contributed by atoms with Crippen molar-refractivity contribution in [1.29, 1.82) is 0 Å². The van der Waals surface area contributed by atoms with Gasteiger partial charge in [-0.3, -0.25) is 0 Å². The van der Waals surface area contributed by atoms with Crippen molar-refractivity contribution in [2.24, 2.45) is 5.92 Å². The van der Waals surface area contributed by atoms with E-state index in [1.807, 2.05) is 0 Å². The summed E-state index contributed by atoms with van der Waals surface area (Å²) in [6, 6.07) is 0. The molecule has 1 rings (SSSR count). The molecule has 1 heterocycles. The zero-order valence-corrected chi connectivity index (χ0v) is 11.7. The molecule has 1 aliphatic rings. The predicted molar refractivity (Wildman–Crippen MR) is 68.6 cm³/mol. The van der Waals surface area contributed by atoms with E-state index >= 15 is 0 Å². The van der Waals surface area contributed by atoms with Gasteiger partial charge in [0.15, 0.2) is 0 Å². The van der Waals surface area contributed by atoms with Gasteiger partial charge in [-0.15, -0.1) is 0 Å². The Kier molecular flexibility index (Phi) is 4.42. The molecule has 2 nitrogen and oxygen atoms in total. The molecule has 0 radical (unpaired) electrons. The first-order valence-corrected chi connectivity index (χ1v) is 6.79. The summed E-state index contributed by atoms with van der Waals surface area (Å²) in [5.74, 6) is 0.778. The van der Waals surface area contributed by atoms with Gasteiger partial charge >= 0.3 is 0 Å². The van der Waals surface area contributed by atoms with Gasteiger partial charge in [-0.2, -0.15) is 5.06 Å². The second-order valence-corrected chi connectivity index (χ2v) is 6.71. The summed E-state index contributed by atoms with van der Waals surface area (Å²) >= 11 is 0. The minimum Gasteiger partial charge on any atom is -0.313 e. The zero-order valence-electron chi connectivity index (χ0n) is 11.7. The van der Waals surface area contributed by atoms with Crippen LogP contribution < -0.4 is 0 Å². The minimum atomic E-state index is -0.0708. The van der Waals surface area contributed by atoms with E-state index in [-0.39, 0.29) is 11.1 Å². The van der Waals surface area contributed by atoms with Crippen molar-refractivity contribution in [2.45, 2.75) is 84.2 Å². The molecule has 0 bridgehead atoms. The standard InChI is InChI=1S/C14H29NO/c1-6-7-8-9-12-10-13(2,3)15(16)14(4,5)11-12/h12,16H,6-11H2,1-5H3. The molecule has 0 atom stereocenters. The Bertz CT molecular complexity index is 205. The molecule has 0 amide bonds. The second kappa shape index (κ2) is 5.05. The normalized spacial score (nSPS) is 25.9. The van der Waals surface area contributed by atoms with Crippen molar-refractivity contribution in [2.75, 3.05) is 0 Å². The van der Waals surface area contributed by atoms with E-state index in [2.05, 4.69) is 34.6 Å². The minimum absolute atomic E-state index is 0.0708.